The maximum Gasteiger partial charge on any atom is 0.200 e. The average Bonchev–Trinajstić information content (AvgIpc) is 2.53. The molecular formula is C17H18O3. The number of methoxy groups -OCH3 is 2. The van der Waals surface area contributed by atoms with E-state index in [0.29, 0.717) is 22.6 Å². The molecule has 0 aromatic heterocycles. The number of hydrogen-bond acceptors (Lipinski definition) is 3. The first-order valence-electron chi connectivity index (χ1n) is 6.55. The molecule has 0 saturated heterocycles. The van der Waals surface area contributed by atoms with E-state index in [4.69, 9.17) is 9.47 Å². The first kappa shape index (κ1) is 14.1. The highest BCUT2D eigenvalue weighted by atomic mass is 16.5. The van der Waals surface area contributed by atoms with E-state index < -0.39 is 0 Å². The number of hydrogen-bond donors (Lipinski definition) is 0. The molecule has 20 heavy (non-hydrogen) atoms. The molecule has 0 amide bonds. The number of benzene rings is 2. The molecular weight excluding hydrogens is 252 g/mol. The maximum absolute atomic E-state index is 12.6. The summed E-state index contributed by atoms with van der Waals surface area (Å²) in [5.41, 5.74) is 2.29. The Labute approximate surface area is 119 Å². The van der Waals surface area contributed by atoms with E-state index in [0.717, 1.165) is 6.42 Å². The van der Waals surface area contributed by atoms with Crippen LogP contribution >= 0.6 is 0 Å². The fourth-order valence-corrected chi connectivity index (χ4v) is 2.11. The number of rotatable bonds is 5. The third-order valence-electron chi connectivity index (χ3n) is 3.28. The second kappa shape index (κ2) is 6.24. The van der Waals surface area contributed by atoms with Gasteiger partial charge in [0.25, 0.3) is 0 Å². The third kappa shape index (κ3) is 2.67. The lowest BCUT2D eigenvalue weighted by Crippen LogP contribution is -2.06. The number of aryl methyl sites for hydroxylation is 1. The highest BCUT2D eigenvalue weighted by Crippen LogP contribution is 2.30. The van der Waals surface area contributed by atoms with Gasteiger partial charge < -0.3 is 9.47 Å². The highest BCUT2D eigenvalue weighted by Gasteiger charge is 2.19. The van der Waals surface area contributed by atoms with E-state index in [9.17, 15) is 4.79 Å². The van der Waals surface area contributed by atoms with Gasteiger partial charge in [-0.15, -0.1) is 0 Å². The van der Waals surface area contributed by atoms with Gasteiger partial charge in [0, 0.05) is 5.56 Å². The van der Waals surface area contributed by atoms with Crippen LogP contribution in [0.3, 0.4) is 0 Å². The van der Waals surface area contributed by atoms with Crippen LogP contribution in [-0.2, 0) is 6.42 Å². The molecule has 0 heterocycles. The summed E-state index contributed by atoms with van der Waals surface area (Å²) in [4.78, 5) is 12.6. The lowest BCUT2D eigenvalue weighted by Gasteiger charge is -2.12. The zero-order valence-corrected chi connectivity index (χ0v) is 12.0. The molecule has 3 nitrogen and oxygen atoms in total. The molecule has 0 N–H and O–H groups in total. The molecule has 0 atom stereocenters. The SMILES string of the molecule is CCc1ccc(C(=O)c2c(OC)cccc2OC)cc1. The normalized spacial score (nSPS) is 10.2. The number of carbonyl (C=O) groups is 1. The fraction of sp³-hybridized carbons (Fsp3) is 0.235. The zero-order chi connectivity index (χ0) is 14.5. The van der Waals surface area contributed by atoms with Crippen molar-refractivity contribution in [2.75, 3.05) is 14.2 Å². The van der Waals surface area contributed by atoms with Crippen molar-refractivity contribution in [1.82, 2.24) is 0 Å². The van der Waals surface area contributed by atoms with Crippen molar-refractivity contribution < 1.29 is 14.3 Å². The van der Waals surface area contributed by atoms with Gasteiger partial charge in [0.15, 0.2) is 0 Å². The molecule has 0 spiro atoms. The summed E-state index contributed by atoms with van der Waals surface area (Å²) in [5.74, 6) is 0.949. The summed E-state index contributed by atoms with van der Waals surface area (Å²) in [7, 11) is 3.09. The van der Waals surface area contributed by atoms with Gasteiger partial charge in [-0.25, -0.2) is 0 Å². The number of ketones is 1. The van der Waals surface area contributed by atoms with Crippen molar-refractivity contribution in [1.29, 1.82) is 0 Å². The molecule has 0 bridgehead atoms. The van der Waals surface area contributed by atoms with E-state index in [2.05, 4.69) is 6.92 Å². The fourth-order valence-electron chi connectivity index (χ4n) is 2.11. The molecule has 2 aromatic rings. The Balaban J connectivity index is 2.46. The summed E-state index contributed by atoms with van der Waals surface area (Å²) in [6.45, 7) is 2.08. The highest BCUT2D eigenvalue weighted by molar-refractivity contribution is 6.12. The third-order valence-corrected chi connectivity index (χ3v) is 3.28. The Morgan fingerprint density at radius 1 is 0.950 bits per heavy atom. The van der Waals surface area contributed by atoms with Crippen LogP contribution < -0.4 is 9.47 Å². The standard InChI is InChI=1S/C17H18O3/c1-4-12-8-10-13(11-9-12)17(18)16-14(19-2)6-5-7-15(16)20-3/h5-11H,4H2,1-3H3. The van der Waals surface area contributed by atoms with Gasteiger partial charge in [-0.2, -0.15) is 0 Å². The molecule has 0 unspecified atom stereocenters. The van der Waals surface area contributed by atoms with E-state index >= 15 is 0 Å². The first-order chi connectivity index (χ1) is 9.71. The first-order valence-corrected chi connectivity index (χ1v) is 6.55. The van der Waals surface area contributed by atoms with Crippen LogP contribution in [-0.4, -0.2) is 20.0 Å². The van der Waals surface area contributed by atoms with Crippen LogP contribution in [0.4, 0.5) is 0 Å². The maximum atomic E-state index is 12.6. The Kier molecular flexibility index (Phi) is 4.41. The smallest absolute Gasteiger partial charge is 0.200 e. The zero-order valence-electron chi connectivity index (χ0n) is 12.0. The lowest BCUT2D eigenvalue weighted by atomic mass is 10.00. The predicted molar refractivity (Wildman–Crippen MR) is 78.8 cm³/mol. The van der Waals surface area contributed by atoms with Gasteiger partial charge in [-0.1, -0.05) is 37.3 Å². The van der Waals surface area contributed by atoms with Gasteiger partial charge in [0.05, 0.1) is 14.2 Å². The van der Waals surface area contributed by atoms with Crippen LogP contribution in [0.25, 0.3) is 0 Å². The van der Waals surface area contributed by atoms with E-state index in [1.807, 2.05) is 24.3 Å². The molecule has 0 aliphatic carbocycles. The summed E-state index contributed by atoms with van der Waals surface area (Å²) in [5, 5.41) is 0. The van der Waals surface area contributed by atoms with Crippen molar-refractivity contribution in [3.8, 4) is 11.5 Å². The van der Waals surface area contributed by atoms with Crippen molar-refractivity contribution in [2.24, 2.45) is 0 Å². The molecule has 0 fully saturated rings. The van der Waals surface area contributed by atoms with Crippen LogP contribution in [0, 0.1) is 0 Å². The second-order valence-electron chi connectivity index (χ2n) is 4.42. The number of carbonyl (C=O) groups excluding carboxylic acids is 1. The van der Waals surface area contributed by atoms with Crippen molar-refractivity contribution >= 4 is 5.78 Å². The largest absolute Gasteiger partial charge is 0.496 e. The summed E-state index contributed by atoms with van der Waals surface area (Å²) in [6, 6.07) is 12.9. The van der Waals surface area contributed by atoms with Gasteiger partial charge in [0.2, 0.25) is 5.78 Å². The van der Waals surface area contributed by atoms with Crippen LogP contribution in [0.2, 0.25) is 0 Å². The predicted octanol–water partition coefficient (Wildman–Crippen LogP) is 3.50. The molecule has 0 aliphatic rings. The summed E-state index contributed by atoms with van der Waals surface area (Å²) in [6.07, 6.45) is 0.951. The monoisotopic (exact) mass is 270 g/mol. The summed E-state index contributed by atoms with van der Waals surface area (Å²) >= 11 is 0. The molecule has 3 heteroatoms. The molecule has 0 saturated carbocycles. The van der Waals surface area contributed by atoms with Gasteiger partial charge >= 0.3 is 0 Å². The Morgan fingerprint density at radius 3 is 1.95 bits per heavy atom. The van der Waals surface area contributed by atoms with Crippen molar-refractivity contribution in [3.05, 3.63) is 59.2 Å². The minimum absolute atomic E-state index is 0.0954. The van der Waals surface area contributed by atoms with Gasteiger partial charge in [0.1, 0.15) is 17.1 Å². The summed E-state index contributed by atoms with van der Waals surface area (Å²) < 4.78 is 10.5. The van der Waals surface area contributed by atoms with E-state index in [1.54, 1.807) is 32.4 Å². The van der Waals surface area contributed by atoms with Gasteiger partial charge in [-0.3, -0.25) is 4.79 Å². The second-order valence-corrected chi connectivity index (χ2v) is 4.42. The van der Waals surface area contributed by atoms with Crippen molar-refractivity contribution in [3.63, 3.8) is 0 Å². The molecule has 2 aromatic carbocycles. The Bertz CT molecular complexity index is 578. The molecule has 104 valence electrons. The molecule has 0 aliphatic heterocycles. The van der Waals surface area contributed by atoms with Crippen LogP contribution in [0.5, 0.6) is 11.5 Å². The minimum Gasteiger partial charge on any atom is -0.496 e. The van der Waals surface area contributed by atoms with E-state index in [1.165, 1.54) is 5.56 Å². The topological polar surface area (TPSA) is 35.5 Å². The average molecular weight is 270 g/mol. The quantitative estimate of drug-likeness (QED) is 0.780. The van der Waals surface area contributed by atoms with Crippen LogP contribution in [0.15, 0.2) is 42.5 Å². The molecule has 2 rings (SSSR count). The lowest BCUT2D eigenvalue weighted by molar-refractivity contribution is 0.103. The molecule has 0 radical (unpaired) electrons. The van der Waals surface area contributed by atoms with Crippen molar-refractivity contribution in [2.45, 2.75) is 13.3 Å². The minimum atomic E-state index is -0.0954. The number of ether oxygens (including phenoxy) is 2. The van der Waals surface area contributed by atoms with Gasteiger partial charge in [-0.05, 0) is 24.1 Å². The van der Waals surface area contributed by atoms with Crippen LogP contribution in [0.1, 0.15) is 28.4 Å². The Hall–Kier alpha value is -2.29. The van der Waals surface area contributed by atoms with E-state index in [-0.39, 0.29) is 5.78 Å². The Morgan fingerprint density at radius 2 is 1.50 bits per heavy atom.